The van der Waals surface area contributed by atoms with Crippen molar-refractivity contribution in [3.63, 3.8) is 0 Å². The monoisotopic (exact) mass is 254 g/mol. The highest BCUT2D eigenvalue weighted by molar-refractivity contribution is 9.10. The molecule has 0 saturated heterocycles. The molecule has 0 atom stereocenters. The molecule has 0 fully saturated rings. The van der Waals surface area contributed by atoms with Crippen LogP contribution in [-0.4, -0.2) is 9.55 Å². The highest BCUT2D eigenvalue weighted by Gasteiger charge is 2.05. The van der Waals surface area contributed by atoms with E-state index >= 15 is 0 Å². The molecule has 4 heteroatoms. The zero-order valence-corrected chi connectivity index (χ0v) is 9.47. The second-order valence-corrected chi connectivity index (χ2v) is 4.16. The summed E-state index contributed by atoms with van der Waals surface area (Å²) < 4.78 is 2.76. The number of aryl methyl sites for hydroxylation is 1. The molecule has 0 amide bonds. The summed E-state index contributed by atoms with van der Waals surface area (Å²) in [6, 6.07) is 5.80. The molecule has 1 heterocycles. The maximum atomic E-state index is 11.5. The van der Waals surface area contributed by atoms with Gasteiger partial charge in [-0.1, -0.05) is 22.9 Å². The number of nitrogens with one attached hydrogen (secondary N) is 1. The normalized spacial score (nSPS) is 11.0. The Bertz CT molecular complexity index is 512. The third-order valence-corrected chi connectivity index (χ3v) is 2.68. The molecular weight excluding hydrogens is 244 g/mol. The molecule has 0 saturated carbocycles. The molecule has 0 aliphatic rings. The Hall–Kier alpha value is -1.03. The van der Waals surface area contributed by atoms with Crippen LogP contribution < -0.4 is 5.69 Å². The van der Waals surface area contributed by atoms with Gasteiger partial charge in [0, 0.05) is 11.0 Å². The van der Waals surface area contributed by atoms with Crippen LogP contribution in [0.15, 0.2) is 27.5 Å². The van der Waals surface area contributed by atoms with Gasteiger partial charge in [-0.25, -0.2) is 4.79 Å². The number of aromatic amines is 1. The van der Waals surface area contributed by atoms with Gasteiger partial charge >= 0.3 is 5.69 Å². The third kappa shape index (κ3) is 1.50. The lowest BCUT2D eigenvalue weighted by Gasteiger charge is -1.99. The number of hydrogen-bond donors (Lipinski definition) is 1. The van der Waals surface area contributed by atoms with Crippen LogP contribution in [0.2, 0.25) is 0 Å². The zero-order valence-electron chi connectivity index (χ0n) is 7.88. The maximum absolute atomic E-state index is 11.5. The number of halogens is 1. The van der Waals surface area contributed by atoms with Crippen LogP contribution in [0.1, 0.15) is 13.3 Å². The van der Waals surface area contributed by atoms with Gasteiger partial charge < -0.3 is 4.98 Å². The molecule has 1 aromatic carbocycles. The summed E-state index contributed by atoms with van der Waals surface area (Å²) in [4.78, 5) is 14.4. The first kappa shape index (κ1) is 9.52. The molecule has 14 heavy (non-hydrogen) atoms. The van der Waals surface area contributed by atoms with E-state index in [4.69, 9.17) is 0 Å². The molecule has 2 rings (SSSR count). The van der Waals surface area contributed by atoms with Gasteiger partial charge in [0.25, 0.3) is 0 Å². The van der Waals surface area contributed by atoms with Gasteiger partial charge in [-0.05, 0) is 24.6 Å². The van der Waals surface area contributed by atoms with Crippen molar-refractivity contribution in [1.82, 2.24) is 9.55 Å². The van der Waals surface area contributed by atoms with E-state index in [-0.39, 0.29) is 5.69 Å². The fraction of sp³-hybridized carbons (Fsp3) is 0.300. The maximum Gasteiger partial charge on any atom is 0.326 e. The average molecular weight is 255 g/mol. The van der Waals surface area contributed by atoms with Gasteiger partial charge in [-0.15, -0.1) is 0 Å². The quantitative estimate of drug-likeness (QED) is 0.879. The molecule has 2 aromatic rings. The van der Waals surface area contributed by atoms with E-state index in [1.807, 2.05) is 18.2 Å². The standard InChI is InChI=1S/C10H11BrN2O/c1-2-5-13-9-6-7(11)3-4-8(9)12-10(13)14/h3-4,6H,2,5H2,1H3,(H,12,14). The van der Waals surface area contributed by atoms with Crippen LogP contribution in [0.4, 0.5) is 0 Å². The van der Waals surface area contributed by atoms with Gasteiger partial charge in [0.1, 0.15) is 0 Å². The first-order valence-electron chi connectivity index (χ1n) is 4.60. The SMILES string of the molecule is CCCn1c(=O)[nH]c2ccc(Br)cc21. The molecule has 0 spiro atoms. The number of fused-ring (bicyclic) bond motifs is 1. The van der Waals surface area contributed by atoms with E-state index in [2.05, 4.69) is 27.8 Å². The van der Waals surface area contributed by atoms with Crippen molar-refractivity contribution in [3.05, 3.63) is 33.2 Å². The summed E-state index contributed by atoms with van der Waals surface area (Å²) >= 11 is 3.40. The minimum absolute atomic E-state index is 0.0278. The van der Waals surface area contributed by atoms with Gasteiger partial charge in [-0.3, -0.25) is 4.57 Å². The van der Waals surface area contributed by atoms with Crippen LogP contribution in [-0.2, 0) is 6.54 Å². The Balaban J connectivity index is 2.73. The lowest BCUT2D eigenvalue weighted by Crippen LogP contribution is -2.16. The number of H-pyrrole nitrogens is 1. The highest BCUT2D eigenvalue weighted by atomic mass is 79.9. The molecule has 0 aliphatic heterocycles. The van der Waals surface area contributed by atoms with E-state index in [1.54, 1.807) is 4.57 Å². The van der Waals surface area contributed by atoms with E-state index in [0.29, 0.717) is 0 Å². The fourth-order valence-corrected chi connectivity index (χ4v) is 1.92. The summed E-state index contributed by atoms with van der Waals surface area (Å²) in [6.45, 7) is 2.82. The Morgan fingerprint density at radius 1 is 1.50 bits per heavy atom. The van der Waals surface area contributed by atoms with Crippen LogP contribution in [0.5, 0.6) is 0 Å². The van der Waals surface area contributed by atoms with E-state index < -0.39 is 0 Å². The minimum Gasteiger partial charge on any atom is -0.306 e. The van der Waals surface area contributed by atoms with E-state index in [1.165, 1.54) is 0 Å². The first-order valence-corrected chi connectivity index (χ1v) is 5.39. The lowest BCUT2D eigenvalue weighted by atomic mass is 10.3. The smallest absolute Gasteiger partial charge is 0.306 e. The van der Waals surface area contributed by atoms with Crippen molar-refractivity contribution in [3.8, 4) is 0 Å². The fourth-order valence-electron chi connectivity index (χ4n) is 1.57. The average Bonchev–Trinajstić information content (AvgIpc) is 2.45. The molecule has 0 radical (unpaired) electrons. The van der Waals surface area contributed by atoms with Crippen LogP contribution in [0.3, 0.4) is 0 Å². The molecule has 1 N–H and O–H groups in total. The lowest BCUT2D eigenvalue weighted by molar-refractivity contribution is 0.674. The molecule has 3 nitrogen and oxygen atoms in total. The van der Waals surface area contributed by atoms with Crippen molar-refractivity contribution in [1.29, 1.82) is 0 Å². The van der Waals surface area contributed by atoms with Crippen molar-refractivity contribution >= 4 is 27.0 Å². The number of hydrogen-bond acceptors (Lipinski definition) is 1. The molecule has 0 unspecified atom stereocenters. The zero-order chi connectivity index (χ0) is 10.1. The molecular formula is C10H11BrN2O. The minimum atomic E-state index is -0.0278. The Morgan fingerprint density at radius 2 is 2.29 bits per heavy atom. The van der Waals surface area contributed by atoms with Crippen molar-refractivity contribution < 1.29 is 0 Å². The number of imidazole rings is 1. The number of rotatable bonds is 2. The second-order valence-electron chi connectivity index (χ2n) is 3.24. The number of aromatic nitrogens is 2. The number of nitrogens with zero attached hydrogens (tertiary/aromatic N) is 1. The Morgan fingerprint density at radius 3 is 3.00 bits per heavy atom. The Kier molecular flexibility index (Phi) is 2.46. The van der Waals surface area contributed by atoms with E-state index in [0.717, 1.165) is 28.5 Å². The number of benzene rings is 1. The molecule has 0 bridgehead atoms. The van der Waals surface area contributed by atoms with Gasteiger partial charge in [0.05, 0.1) is 11.0 Å². The van der Waals surface area contributed by atoms with Gasteiger partial charge in [0.2, 0.25) is 0 Å². The predicted octanol–water partition coefficient (Wildman–Crippen LogP) is 2.50. The van der Waals surface area contributed by atoms with Crippen LogP contribution in [0.25, 0.3) is 11.0 Å². The summed E-state index contributed by atoms with van der Waals surface area (Å²) in [5.41, 5.74) is 1.83. The van der Waals surface area contributed by atoms with Crippen molar-refractivity contribution in [2.24, 2.45) is 0 Å². The topological polar surface area (TPSA) is 37.8 Å². The second kappa shape index (κ2) is 3.61. The summed E-state index contributed by atoms with van der Waals surface area (Å²) in [6.07, 6.45) is 0.958. The van der Waals surface area contributed by atoms with Gasteiger partial charge in [-0.2, -0.15) is 0 Å². The highest BCUT2D eigenvalue weighted by Crippen LogP contribution is 2.17. The molecule has 74 valence electrons. The molecule has 1 aromatic heterocycles. The Labute approximate surface area is 89.9 Å². The molecule has 0 aliphatic carbocycles. The largest absolute Gasteiger partial charge is 0.326 e. The van der Waals surface area contributed by atoms with Crippen LogP contribution in [0, 0.1) is 0 Å². The predicted molar refractivity (Wildman–Crippen MR) is 60.5 cm³/mol. The van der Waals surface area contributed by atoms with Crippen molar-refractivity contribution in [2.45, 2.75) is 19.9 Å². The van der Waals surface area contributed by atoms with Gasteiger partial charge in [0.15, 0.2) is 0 Å². The summed E-state index contributed by atoms with van der Waals surface area (Å²) in [5.74, 6) is 0. The van der Waals surface area contributed by atoms with E-state index in [9.17, 15) is 4.79 Å². The van der Waals surface area contributed by atoms with Crippen LogP contribution >= 0.6 is 15.9 Å². The first-order chi connectivity index (χ1) is 6.72. The van der Waals surface area contributed by atoms with Crippen molar-refractivity contribution in [2.75, 3.05) is 0 Å². The third-order valence-electron chi connectivity index (χ3n) is 2.18. The summed E-state index contributed by atoms with van der Waals surface area (Å²) in [5, 5.41) is 0. The summed E-state index contributed by atoms with van der Waals surface area (Å²) in [7, 11) is 0.